The number of amides is 1. The Balaban J connectivity index is 1.44. The Kier molecular flexibility index (Phi) is 6.50. The highest BCUT2D eigenvalue weighted by molar-refractivity contribution is 5.91. The summed E-state index contributed by atoms with van der Waals surface area (Å²) in [6, 6.07) is 15.0. The second kappa shape index (κ2) is 9.53. The zero-order valence-corrected chi connectivity index (χ0v) is 19.1. The molecule has 4 aromatic rings. The third-order valence-corrected chi connectivity index (χ3v) is 5.11. The van der Waals surface area contributed by atoms with Gasteiger partial charge in [-0.2, -0.15) is 23.4 Å². The van der Waals surface area contributed by atoms with E-state index in [9.17, 15) is 18.0 Å². The van der Waals surface area contributed by atoms with Crippen LogP contribution in [0, 0.1) is 6.92 Å². The number of ether oxygens (including phenoxy) is 2. The molecular weight excluding hydrogens is 463 g/mol. The SMILES string of the molecule is COc1cc(-c2ccc(OCC(=O)Nc3cc(C)nn3C)cc2)nn1-c1ccc(C(F)(F)F)cc1. The average molecular weight is 485 g/mol. The maximum atomic E-state index is 12.9. The van der Waals surface area contributed by atoms with E-state index in [1.807, 2.05) is 6.92 Å². The number of hydrogen-bond acceptors (Lipinski definition) is 5. The van der Waals surface area contributed by atoms with E-state index < -0.39 is 11.7 Å². The molecule has 2 aromatic heterocycles. The fourth-order valence-corrected chi connectivity index (χ4v) is 3.40. The van der Waals surface area contributed by atoms with Crippen LogP contribution in [-0.2, 0) is 18.0 Å². The number of aromatic nitrogens is 4. The van der Waals surface area contributed by atoms with Gasteiger partial charge in [-0.1, -0.05) is 0 Å². The minimum Gasteiger partial charge on any atom is -0.484 e. The molecule has 0 aliphatic rings. The fraction of sp³-hybridized carbons (Fsp3) is 0.208. The second-order valence-electron chi connectivity index (χ2n) is 7.68. The van der Waals surface area contributed by atoms with E-state index in [0.717, 1.165) is 23.4 Å². The molecule has 2 heterocycles. The zero-order chi connectivity index (χ0) is 25.2. The van der Waals surface area contributed by atoms with Gasteiger partial charge in [-0.15, -0.1) is 0 Å². The van der Waals surface area contributed by atoms with Gasteiger partial charge in [0.2, 0.25) is 5.88 Å². The number of benzene rings is 2. The summed E-state index contributed by atoms with van der Waals surface area (Å²) in [4.78, 5) is 12.2. The number of carbonyl (C=O) groups excluding carboxylic acids is 1. The first-order valence-corrected chi connectivity index (χ1v) is 10.5. The highest BCUT2D eigenvalue weighted by Crippen LogP contribution is 2.31. The molecule has 8 nitrogen and oxygen atoms in total. The van der Waals surface area contributed by atoms with Crippen LogP contribution in [-0.4, -0.2) is 39.2 Å². The second-order valence-corrected chi connectivity index (χ2v) is 7.68. The summed E-state index contributed by atoms with van der Waals surface area (Å²) >= 11 is 0. The normalized spacial score (nSPS) is 11.4. The van der Waals surface area contributed by atoms with E-state index in [0.29, 0.717) is 28.8 Å². The van der Waals surface area contributed by atoms with Crippen molar-refractivity contribution in [2.24, 2.45) is 7.05 Å². The lowest BCUT2D eigenvalue weighted by Crippen LogP contribution is -2.21. The highest BCUT2D eigenvalue weighted by atomic mass is 19.4. The Bertz CT molecular complexity index is 1330. The molecule has 0 radical (unpaired) electrons. The molecule has 0 unspecified atom stereocenters. The van der Waals surface area contributed by atoms with Crippen molar-refractivity contribution in [1.29, 1.82) is 0 Å². The minimum atomic E-state index is -4.42. The van der Waals surface area contributed by atoms with Gasteiger partial charge in [-0.05, 0) is 55.5 Å². The van der Waals surface area contributed by atoms with Crippen molar-refractivity contribution in [3.8, 4) is 28.6 Å². The van der Waals surface area contributed by atoms with Gasteiger partial charge in [0.25, 0.3) is 5.91 Å². The Hall–Kier alpha value is -4.28. The van der Waals surface area contributed by atoms with Crippen LogP contribution in [0.5, 0.6) is 11.6 Å². The topological polar surface area (TPSA) is 83.2 Å². The number of aryl methyl sites for hydroxylation is 2. The standard InChI is InChI=1S/C24H22F3N5O3/c1-15-12-21(31(2)29-15)28-22(33)14-35-19-10-4-16(5-11-19)20-13-23(34-3)32(30-20)18-8-6-17(7-9-18)24(25,26)27/h4-13H,14H2,1-3H3,(H,28,33). The predicted molar refractivity (Wildman–Crippen MR) is 123 cm³/mol. The maximum Gasteiger partial charge on any atom is 0.416 e. The summed E-state index contributed by atoms with van der Waals surface area (Å²) < 4.78 is 52.5. The van der Waals surface area contributed by atoms with Gasteiger partial charge in [0.05, 0.1) is 29.7 Å². The first kappa shape index (κ1) is 23.9. The number of halogens is 3. The molecule has 0 bridgehead atoms. The smallest absolute Gasteiger partial charge is 0.416 e. The molecule has 0 aliphatic heterocycles. The first-order chi connectivity index (χ1) is 16.6. The Morgan fingerprint density at radius 3 is 2.29 bits per heavy atom. The molecule has 4 rings (SSSR count). The number of anilines is 1. The summed E-state index contributed by atoms with van der Waals surface area (Å²) in [6.45, 7) is 1.65. The van der Waals surface area contributed by atoms with Gasteiger partial charge in [-0.3, -0.25) is 9.48 Å². The number of rotatable bonds is 7. The summed E-state index contributed by atoms with van der Waals surface area (Å²) in [5, 5.41) is 11.4. The summed E-state index contributed by atoms with van der Waals surface area (Å²) in [5.41, 5.74) is 1.76. The van der Waals surface area contributed by atoms with E-state index in [1.54, 1.807) is 48.1 Å². The van der Waals surface area contributed by atoms with Crippen molar-refractivity contribution in [2.75, 3.05) is 19.0 Å². The molecule has 0 saturated carbocycles. The summed E-state index contributed by atoms with van der Waals surface area (Å²) in [6.07, 6.45) is -4.42. The van der Waals surface area contributed by atoms with Crippen molar-refractivity contribution in [1.82, 2.24) is 19.6 Å². The molecule has 0 fully saturated rings. The molecule has 1 amide bonds. The molecule has 1 N–H and O–H groups in total. The van der Waals surface area contributed by atoms with Gasteiger partial charge in [0.1, 0.15) is 11.6 Å². The highest BCUT2D eigenvalue weighted by Gasteiger charge is 2.30. The molecule has 2 aromatic carbocycles. The van der Waals surface area contributed by atoms with Crippen LogP contribution in [0.4, 0.5) is 19.0 Å². The summed E-state index contributed by atoms with van der Waals surface area (Å²) in [5.74, 6) is 1.10. The molecule has 0 saturated heterocycles. The summed E-state index contributed by atoms with van der Waals surface area (Å²) in [7, 11) is 3.19. The van der Waals surface area contributed by atoms with Crippen LogP contribution in [0.3, 0.4) is 0 Å². The minimum absolute atomic E-state index is 0.181. The lowest BCUT2D eigenvalue weighted by Gasteiger charge is -2.09. The zero-order valence-electron chi connectivity index (χ0n) is 19.1. The van der Waals surface area contributed by atoms with Crippen molar-refractivity contribution >= 4 is 11.7 Å². The third kappa shape index (κ3) is 5.45. The van der Waals surface area contributed by atoms with Gasteiger partial charge in [0.15, 0.2) is 6.61 Å². The van der Waals surface area contributed by atoms with Crippen LogP contribution in [0.25, 0.3) is 16.9 Å². The van der Waals surface area contributed by atoms with Crippen molar-refractivity contribution < 1.29 is 27.4 Å². The lowest BCUT2D eigenvalue weighted by molar-refractivity contribution is -0.137. The first-order valence-electron chi connectivity index (χ1n) is 10.5. The number of nitrogens with one attached hydrogen (secondary N) is 1. The molecular formula is C24H22F3N5O3. The number of carbonyl (C=O) groups is 1. The van der Waals surface area contributed by atoms with Crippen LogP contribution in [0.1, 0.15) is 11.3 Å². The quantitative estimate of drug-likeness (QED) is 0.413. The lowest BCUT2D eigenvalue weighted by atomic mass is 10.1. The molecule has 182 valence electrons. The predicted octanol–water partition coefficient (Wildman–Crippen LogP) is 4.63. The van der Waals surface area contributed by atoms with E-state index in [2.05, 4.69) is 15.5 Å². The molecule has 0 atom stereocenters. The molecule has 0 aliphatic carbocycles. The average Bonchev–Trinajstić information content (AvgIpc) is 3.40. The van der Waals surface area contributed by atoms with Gasteiger partial charge < -0.3 is 14.8 Å². The Morgan fingerprint density at radius 2 is 1.71 bits per heavy atom. The van der Waals surface area contributed by atoms with Crippen molar-refractivity contribution in [3.05, 3.63) is 71.9 Å². The molecule has 11 heteroatoms. The van der Waals surface area contributed by atoms with Crippen molar-refractivity contribution in [2.45, 2.75) is 13.1 Å². The number of alkyl halides is 3. The van der Waals surface area contributed by atoms with E-state index >= 15 is 0 Å². The van der Waals surface area contributed by atoms with E-state index in [-0.39, 0.29) is 12.5 Å². The van der Waals surface area contributed by atoms with Gasteiger partial charge in [0, 0.05) is 24.7 Å². The molecule has 0 spiro atoms. The van der Waals surface area contributed by atoms with Crippen molar-refractivity contribution in [3.63, 3.8) is 0 Å². The Morgan fingerprint density at radius 1 is 1.03 bits per heavy atom. The monoisotopic (exact) mass is 485 g/mol. The van der Waals surface area contributed by atoms with Crippen LogP contribution < -0.4 is 14.8 Å². The van der Waals surface area contributed by atoms with E-state index in [1.165, 1.54) is 23.9 Å². The van der Waals surface area contributed by atoms with Crippen LogP contribution in [0.15, 0.2) is 60.7 Å². The number of nitrogens with zero attached hydrogens (tertiary/aromatic N) is 4. The van der Waals surface area contributed by atoms with Crippen LogP contribution >= 0.6 is 0 Å². The Labute approximate surface area is 198 Å². The number of hydrogen-bond donors (Lipinski definition) is 1. The molecule has 35 heavy (non-hydrogen) atoms. The largest absolute Gasteiger partial charge is 0.484 e. The fourth-order valence-electron chi connectivity index (χ4n) is 3.40. The number of methoxy groups -OCH3 is 1. The van der Waals surface area contributed by atoms with Crippen LogP contribution in [0.2, 0.25) is 0 Å². The van der Waals surface area contributed by atoms with E-state index in [4.69, 9.17) is 9.47 Å². The van der Waals surface area contributed by atoms with Gasteiger partial charge >= 0.3 is 6.18 Å². The third-order valence-electron chi connectivity index (χ3n) is 5.11. The maximum absolute atomic E-state index is 12.9. The van der Waals surface area contributed by atoms with Gasteiger partial charge in [-0.25, -0.2) is 4.68 Å².